The van der Waals surface area contributed by atoms with E-state index in [2.05, 4.69) is 0 Å². The van der Waals surface area contributed by atoms with Gasteiger partial charge in [-0.1, -0.05) is 19.1 Å². The minimum atomic E-state index is -0.899. The van der Waals surface area contributed by atoms with E-state index in [1.165, 1.54) is 0 Å². The number of aldehydes is 1. The maximum atomic E-state index is 13.6. The normalized spacial score (nSPS) is 10.3. The van der Waals surface area contributed by atoms with Crippen LogP contribution in [0.2, 0.25) is 0 Å². The summed E-state index contributed by atoms with van der Waals surface area (Å²) in [6.45, 7) is 1.97. The Balaban J connectivity index is 2.35. The van der Waals surface area contributed by atoms with Crippen LogP contribution in [0.3, 0.4) is 0 Å². The fourth-order valence-corrected chi connectivity index (χ4v) is 1.69. The van der Waals surface area contributed by atoms with Crippen molar-refractivity contribution in [3.8, 4) is 11.5 Å². The summed E-state index contributed by atoms with van der Waals surface area (Å²) in [5.74, 6) is -1.94. The van der Waals surface area contributed by atoms with Crippen LogP contribution in [0.25, 0.3) is 0 Å². The number of ether oxygens (including phenoxy) is 1. The average Bonchev–Trinajstić information content (AvgIpc) is 2.42. The van der Waals surface area contributed by atoms with Crippen molar-refractivity contribution < 1.29 is 18.3 Å². The van der Waals surface area contributed by atoms with Crippen molar-refractivity contribution in [2.24, 2.45) is 0 Å². The first kappa shape index (κ1) is 13.2. The van der Waals surface area contributed by atoms with Gasteiger partial charge in [-0.25, -0.2) is 8.78 Å². The summed E-state index contributed by atoms with van der Waals surface area (Å²) >= 11 is 0. The SMILES string of the molecule is CCc1cccc(Oc2c(F)cc(C=O)cc2F)c1. The summed E-state index contributed by atoms with van der Waals surface area (Å²) in [6, 6.07) is 8.86. The number of carbonyl (C=O) groups is 1. The van der Waals surface area contributed by atoms with E-state index in [1.807, 2.05) is 13.0 Å². The fraction of sp³-hybridized carbons (Fsp3) is 0.133. The Labute approximate surface area is 109 Å². The van der Waals surface area contributed by atoms with Crippen LogP contribution in [0.1, 0.15) is 22.8 Å². The van der Waals surface area contributed by atoms with Gasteiger partial charge in [0.1, 0.15) is 12.0 Å². The zero-order chi connectivity index (χ0) is 13.8. The van der Waals surface area contributed by atoms with Gasteiger partial charge in [-0.15, -0.1) is 0 Å². The quantitative estimate of drug-likeness (QED) is 0.774. The van der Waals surface area contributed by atoms with Crippen LogP contribution in [-0.4, -0.2) is 6.29 Å². The molecule has 2 aromatic rings. The predicted molar refractivity (Wildman–Crippen MR) is 67.6 cm³/mol. The smallest absolute Gasteiger partial charge is 0.198 e. The average molecular weight is 262 g/mol. The van der Waals surface area contributed by atoms with Crippen molar-refractivity contribution in [1.29, 1.82) is 0 Å². The van der Waals surface area contributed by atoms with Crippen molar-refractivity contribution >= 4 is 6.29 Å². The molecule has 0 spiro atoms. The molecular formula is C15H12F2O2. The molecule has 0 saturated carbocycles. The summed E-state index contributed by atoms with van der Waals surface area (Å²) < 4.78 is 32.5. The standard InChI is InChI=1S/C15H12F2O2/c1-2-10-4-3-5-12(6-10)19-15-13(16)7-11(9-18)8-14(15)17/h3-9H,2H2,1H3. The first-order valence-corrected chi connectivity index (χ1v) is 5.85. The number of carbonyl (C=O) groups excluding carboxylic acids is 1. The van der Waals surface area contributed by atoms with Crippen LogP contribution < -0.4 is 4.74 Å². The third-order valence-electron chi connectivity index (χ3n) is 2.68. The molecule has 4 heteroatoms. The van der Waals surface area contributed by atoms with Gasteiger partial charge in [0.25, 0.3) is 0 Å². The molecule has 0 aliphatic rings. The molecule has 0 bridgehead atoms. The number of benzene rings is 2. The van der Waals surface area contributed by atoms with Crippen LogP contribution in [0, 0.1) is 11.6 Å². The molecule has 2 aromatic carbocycles. The molecule has 98 valence electrons. The van der Waals surface area contributed by atoms with Crippen LogP contribution in [-0.2, 0) is 6.42 Å². The van der Waals surface area contributed by atoms with Gasteiger partial charge in [0.05, 0.1) is 0 Å². The zero-order valence-corrected chi connectivity index (χ0v) is 10.3. The van der Waals surface area contributed by atoms with Gasteiger partial charge in [0, 0.05) is 5.56 Å². The molecule has 0 aromatic heterocycles. The number of aryl methyl sites for hydroxylation is 1. The summed E-state index contributed by atoms with van der Waals surface area (Å²) in [6.07, 6.45) is 1.18. The maximum Gasteiger partial charge on any atom is 0.198 e. The summed E-state index contributed by atoms with van der Waals surface area (Å²) in [5, 5.41) is 0. The van der Waals surface area contributed by atoms with E-state index >= 15 is 0 Å². The Morgan fingerprint density at radius 2 is 1.84 bits per heavy atom. The van der Waals surface area contributed by atoms with Gasteiger partial charge in [-0.05, 0) is 36.2 Å². The Kier molecular flexibility index (Phi) is 3.90. The van der Waals surface area contributed by atoms with Crippen molar-refractivity contribution in [3.05, 3.63) is 59.2 Å². The fourth-order valence-electron chi connectivity index (χ4n) is 1.69. The van der Waals surface area contributed by atoms with Gasteiger partial charge < -0.3 is 4.74 Å². The summed E-state index contributed by atoms with van der Waals surface area (Å²) in [4.78, 5) is 10.5. The second-order valence-electron chi connectivity index (χ2n) is 4.03. The molecule has 0 heterocycles. The number of hydrogen-bond acceptors (Lipinski definition) is 2. The van der Waals surface area contributed by atoms with E-state index in [4.69, 9.17) is 4.74 Å². The molecule has 0 aliphatic heterocycles. The van der Waals surface area contributed by atoms with E-state index < -0.39 is 17.4 Å². The third-order valence-corrected chi connectivity index (χ3v) is 2.68. The van der Waals surface area contributed by atoms with Crippen molar-refractivity contribution in [2.75, 3.05) is 0 Å². The van der Waals surface area contributed by atoms with Crippen LogP contribution >= 0.6 is 0 Å². The molecule has 2 nitrogen and oxygen atoms in total. The lowest BCUT2D eigenvalue weighted by atomic mass is 10.1. The highest BCUT2D eigenvalue weighted by Gasteiger charge is 2.13. The molecule has 0 atom stereocenters. The number of hydrogen-bond donors (Lipinski definition) is 0. The lowest BCUT2D eigenvalue weighted by Gasteiger charge is -2.09. The van der Waals surface area contributed by atoms with E-state index in [9.17, 15) is 13.6 Å². The largest absolute Gasteiger partial charge is 0.451 e. The first-order chi connectivity index (χ1) is 9.13. The lowest BCUT2D eigenvalue weighted by molar-refractivity contribution is 0.112. The minimum absolute atomic E-state index is 0.0651. The maximum absolute atomic E-state index is 13.6. The van der Waals surface area contributed by atoms with E-state index in [-0.39, 0.29) is 5.56 Å². The molecule has 19 heavy (non-hydrogen) atoms. The highest BCUT2D eigenvalue weighted by atomic mass is 19.1. The van der Waals surface area contributed by atoms with Gasteiger partial charge in [-0.2, -0.15) is 0 Å². The molecule has 2 rings (SSSR count). The van der Waals surface area contributed by atoms with Gasteiger partial charge in [-0.3, -0.25) is 4.79 Å². The molecule has 0 N–H and O–H groups in total. The van der Waals surface area contributed by atoms with E-state index in [0.29, 0.717) is 12.0 Å². The Hall–Kier alpha value is -2.23. The zero-order valence-electron chi connectivity index (χ0n) is 10.3. The monoisotopic (exact) mass is 262 g/mol. The van der Waals surface area contributed by atoms with Gasteiger partial charge in [0.2, 0.25) is 0 Å². The van der Waals surface area contributed by atoms with E-state index in [1.54, 1.807) is 18.2 Å². The molecule has 0 aliphatic carbocycles. The molecule has 0 fully saturated rings. The topological polar surface area (TPSA) is 26.3 Å². The number of rotatable bonds is 4. The van der Waals surface area contributed by atoms with Crippen LogP contribution in [0.5, 0.6) is 11.5 Å². The second kappa shape index (κ2) is 5.61. The van der Waals surface area contributed by atoms with Crippen LogP contribution in [0.15, 0.2) is 36.4 Å². The van der Waals surface area contributed by atoms with Gasteiger partial charge in [0.15, 0.2) is 17.4 Å². The Morgan fingerprint density at radius 3 is 2.42 bits per heavy atom. The second-order valence-corrected chi connectivity index (χ2v) is 4.03. The van der Waals surface area contributed by atoms with Crippen molar-refractivity contribution in [1.82, 2.24) is 0 Å². The summed E-state index contributed by atoms with van der Waals surface area (Å²) in [5.41, 5.74) is 0.937. The molecule has 0 saturated heterocycles. The lowest BCUT2D eigenvalue weighted by Crippen LogP contribution is -1.95. The minimum Gasteiger partial charge on any atom is -0.451 e. The highest BCUT2D eigenvalue weighted by molar-refractivity contribution is 5.75. The molecule has 0 radical (unpaired) electrons. The highest BCUT2D eigenvalue weighted by Crippen LogP contribution is 2.28. The van der Waals surface area contributed by atoms with Crippen molar-refractivity contribution in [2.45, 2.75) is 13.3 Å². The van der Waals surface area contributed by atoms with Crippen LogP contribution in [0.4, 0.5) is 8.78 Å². The van der Waals surface area contributed by atoms with Crippen molar-refractivity contribution in [3.63, 3.8) is 0 Å². The van der Waals surface area contributed by atoms with Gasteiger partial charge >= 0.3 is 0 Å². The molecule has 0 unspecified atom stereocenters. The Morgan fingerprint density at radius 1 is 1.16 bits per heavy atom. The first-order valence-electron chi connectivity index (χ1n) is 5.85. The molecule has 0 amide bonds. The van der Waals surface area contributed by atoms with E-state index in [0.717, 1.165) is 24.1 Å². The number of halogens is 2. The molecular weight excluding hydrogens is 250 g/mol. The third kappa shape index (κ3) is 2.96. The predicted octanol–water partition coefficient (Wildman–Crippen LogP) is 4.13. The summed E-state index contributed by atoms with van der Waals surface area (Å²) in [7, 11) is 0. The Bertz CT molecular complexity index is 586.